The Morgan fingerprint density at radius 1 is 0.517 bits per heavy atom. The lowest BCUT2D eigenvalue weighted by Crippen LogP contribution is -2.02. The topological polar surface area (TPSA) is 0 Å². The molecule has 0 bridgehead atoms. The van der Waals surface area contributed by atoms with E-state index in [0.29, 0.717) is 10.5 Å². The van der Waals surface area contributed by atoms with E-state index in [1.165, 1.54) is 62.5 Å². The minimum absolute atomic E-state index is 0.596. The summed E-state index contributed by atoms with van der Waals surface area (Å²) in [6.45, 7) is 9.36. The molecule has 2 aromatic rings. The molecule has 0 saturated heterocycles. The van der Waals surface area contributed by atoms with E-state index >= 15 is 0 Å². The second kappa shape index (κ2) is 13.9. The fourth-order valence-corrected chi connectivity index (χ4v) is 5.56. The molecule has 0 radical (unpaired) electrons. The van der Waals surface area contributed by atoms with Crippen LogP contribution in [-0.2, 0) is 0 Å². The van der Waals surface area contributed by atoms with Crippen molar-refractivity contribution < 1.29 is 0 Å². The minimum atomic E-state index is 0.596. The van der Waals surface area contributed by atoms with E-state index in [4.69, 9.17) is 0 Å². The van der Waals surface area contributed by atoms with Gasteiger partial charge in [0.2, 0.25) is 0 Å². The molecule has 0 aromatic heterocycles. The van der Waals surface area contributed by atoms with Crippen LogP contribution in [0.2, 0.25) is 0 Å². The smallest absolute Gasteiger partial charge is 0.0303 e. The van der Waals surface area contributed by atoms with Crippen molar-refractivity contribution in [3.63, 3.8) is 0 Å². The molecule has 0 N–H and O–H groups in total. The average Bonchev–Trinajstić information content (AvgIpc) is 2.73. The molecule has 0 spiro atoms. The Labute approximate surface area is 184 Å². The van der Waals surface area contributed by atoms with Crippen molar-refractivity contribution in [1.29, 1.82) is 0 Å². The van der Waals surface area contributed by atoms with Crippen LogP contribution in [-0.4, -0.2) is 0 Å². The highest BCUT2D eigenvalue weighted by molar-refractivity contribution is 7.99. The van der Waals surface area contributed by atoms with E-state index in [1.54, 1.807) is 0 Å². The molecule has 0 fully saturated rings. The van der Waals surface area contributed by atoms with Crippen molar-refractivity contribution in [2.75, 3.05) is 0 Å². The Morgan fingerprint density at radius 3 is 1.21 bits per heavy atom. The highest BCUT2D eigenvalue weighted by atomic mass is 32.2. The molecule has 0 saturated carbocycles. The van der Waals surface area contributed by atoms with Gasteiger partial charge in [-0.2, -0.15) is 0 Å². The lowest BCUT2D eigenvalue weighted by atomic mass is 10.0. The lowest BCUT2D eigenvalue weighted by molar-refractivity contribution is 0.521. The van der Waals surface area contributed by atoms with Crippen LogP contribution in [0.15, 0.2) is 60.7 Å². The van der Waals surface area contributed by atoms with Crippen molar-refractivity contribution in [2.24, 2.45) is 11.8 Å². The number of rotatable bonds is 14. The maximum atomic E-state index is 2.34. The van der Waals surface area contributed by atoms with Gasteiger partial charge in [-0.25, -0.2) is 0 Å². The predicted molar refractivity (Wildman–Crippen MR) is 133 cm³/mol. The summed E-state index contributed by atoms with van der Waals surface area (Å²) in [4.78, 5) is 0. The van der Waals surface area contributed by atoms with Gasteiger partial charge in [0.1, 0.15) is 0 Å². The molecule has 0 aliphatic heterocycles. The molecule has 0 heterocycles. The standard InChI is InChI=1S/C28H42S/c1-23(2)15-11-13-21-27(25-17-7-5-8-18-25)29-28(22-14-12-16-24(3)4)26-19-9-6-10-20-26/h5-10,17-20,23-24,27-28H,11-16,21-22H2,1-4H3. The first kappa shape index (κ1) is 24.1. The van der Waals surface area contributed by atoms with E-state index in [2.05, 4.69) is 100 Å². The maximum Gasteiger partial charge on any atom is 0.0303 e. The predicted octanol–water partition coefficient (Wildman–Crippen LogP) is 9.63. The van der Waals surface area contributed by atoms with Crippen molar-refractivity contribution >= 4 is 11.8 Å². The summed E-state index contributed by atoms with van der Waals surface area (Å²) in [6, 6.07) is 22.4. The van der Waals surface area contributed by atoms with Gasteiger partial charge in [-0.1, -0.05) is 127 Å². The van der Waals surface area contributed by atoms with Gasteiger partial charge in [0.25, 0.3) is 0 Å². The van der Waals surface area contributed by atoms with E-state index in [1.807, 2.05) is 0 Å². The second-order valence-electron chi connectivity index (χ2n) is 9.29. The van der Waals surface area contributed by atoms with Crippen LogP contribution in [0.1, 0.15) is 101 Å². The first-order valence-corrected chi connectivity index (χ1v) is 12.8. The van der Waals surface area contributed by atoms with Gasteiger partial charge in [0, 0.05) is 10.5 Å². The van der Waals surface area contributed by atoms with Crippen LogP contribution < -0.4 is 0 Å². The first-order chi connectivity index (χ1) is 14.1. The molecule has 2 unspecified atom stereocenters. The summed E-state index contributed by atoms with van der Waals surface area (Å²) < 4.78 is 0. The summed E-state index contributed by atoms with van der Waals surface area (Å²) in [7, 11) is 0. The third-order valence-corrected chi connectivity index (χ3v) is 7.34. The van der Waals surface area contributed by atoms with Crippen LogP contribution in [0.5, 0.6) is 0 Å². The van der Waals surface area contributed by atoms with Crippen LogP contribution in [0.3, 0.4) is 0 Å². The lowest BCUT2D eigenvalue weighted by Gasteiger charge is -2.25. The average molecular weight is 411 g/mol. The SMILES string of the molecule is CC(C)CCCCC(SC(CCCCC(C)C)c1ccccc1)c1ccccc1. The molecular weight excluding hydrogens is 368 g/mol. The Bertz CT molecular complexity index is 574. The first-order valence-electron chi connectivity index (χ1n) is 11.8. The number of hydrogen-bond donors (Lipinski definition) is 0. The zero-order chi connectivity index (χ0) is 20.9. The molecule has 2 atom stereocenters. The molecule has 29 heavy (non-hydrogen) atoms. The summed E-state index contributed by atoms with van der Waals surface area (Å²) in [5.41, 5.74) is 3.01. The van der Waals surface area contributed by atoms with Crippen LogP contribution in [0.25, 0.3) is 0 Å². The number of unbranched alkanes of at least 4 members (excludes halogenated alkanes) is 2. The maximum absolute atomic E-state index is 2.34. The van der Waals surface area contributed by atoms with E-state index < -0.39 is 0 Å². The molecule has 2 aromatic carbocycles. The molecule has 0 aliphatic rings. The highest BCUT2D eigenvalue weighted by Gasteiger charge is 2.20. The van der Waals surface area contributed by atoms with Crippen molar-refractivity contribution in [2.45, 2.75) is 89.6 Å². The van der Waals surface area contributed by atoms with Gasteiger partial charge in [0.05, 0.1) is 0 Å². The number of benzene rings is 2. The van der Waals surface area contributed by atoms with Gasteiger partial charge >= 0.3 is 0 Å². The normalized spacial score (nSPS) is 13.7. The van der Waals surface area contributed by atoms with Gasteiger partial charge in [0.15, 0.2) is 0 Å². The zero-order valence-corrected chi connectivity index (χ0v) is 20.0. The molecular formula is C28H42S. The molecule has 0 aliphatic carbocycles. The monoisotopic (exact) mass is 410 g/mol. The largest absolute Gasteiger partial charge is 0.146 e. The van der Waals surface area contributed by atoms with Crippen molar-refractivity contribution in [3.8, 4) is 0 Å². The summed E-state index contributed by atoms with van der Waals surface area (Å²) in [5, 5.41) is 1.19. The Kier molecular flexibility index (Phi) is 11.5. The quantitative estimate of drug-likeness (QED) is 0.279. The van der Waals surface area contributed by atoms with E-state index in [9.17, 15) is 0 Å². The van der Waals surface area contributed by atoms with Crippen molar-refractivity contribution in [1.82, 2.24) is 0 Å². The summed E-state index contributed by atoms with van der Waals surface area (Å²) >= 11 is 2.21. The molecule has 0 nitrogen and oxygen atoms in total. The summed E-state index contributed by atoms with van der Waals surface area (Å²) in [6.07, 6.45) is 10.7. The van der Waals surface area contributed by atoms with Crippen LogP contribution in [0.4, 0.5) is 0 Å². The van der Waals surface area contributed by atoms with Gasteiger partial charge in [-0.3, -0.25) is 0 Å². The van der Waals surface area contributed by atoms with E-state index in [0.717, 1.165) is 11.8 Å². The van der Waals surface area contributed by atoms with Crippen LogP contribution >= 0.6 is 11.8 Å². The third-order valence-electron chi connectivity index (χ3n) is 5.67. The molecule has 160 valence electrons. The van der Waals surface area contributed by atoms with E-state index in [-0.39, 0.29) is 0 Å². The zero-order valence-electron chi connectivity index (χ0n) is 19.1. The van der Waals surface area contributed by atoms with Gasteiger partial charge in [-0.05, 0) is 35.8 Å². The molecule has 0 amide bonds. The minimum Gasteiger partial charge on any atom is -0.146 e. The molecule has 2 rings (SSSR count). The number of thioether (sulfide) groups is 1. The number of hydrogen-bond acceptors (Lipinski definition) is 1. The van der Waals surface area contributed by atoms with Crippen molar-refractivity contribution in [3.05, 3.63) is 71.8 Å². The highest BCUT2D eigenvalue weighted by Crippen LogP contribution is 2.45. The Hall–Kier alpha value is -1.21. The van der Waals surface area contributed by atoms with Crippen LogP contribution in [0, 0.1) is 11.8 Å². The third kappa shape index (κ3) is 9.90. The Morgan fingerprint density at radius 2 is 0.862 bits per heavy atom. The second-order valence-corrected chi connectivity index (χ2v) is 10.7. The van der Waals surface area contributed by atoms with Gasteiger partial charge < -0.3 is 0 Å². The summed E-state index contributed by atoms with van der Waals surface area (Å²) in [5.74, 6) is 1.63. The fourth-order valence-electron chi connectivity index (χ4n) is 3.92. The molecule has 1 heteroatoms. The fraction of sp³-hybridized carbons (Fsp3) is 0.571. The Balaban J connectivity index is 2.06. The van der Waals surface area contributed by atoms with Gasteiger partial charge in [-0.15, -0.1) is 11.8 Å².